The Morgan fingerprint density at radius 2 is 1.82 bits per heavy atom. The van der Waals surface area contributed by atoms with E-state index in [9.17, 15) is 4.79 Å². The van der Waals surface area contributed by atoms with E-state index in [-0.39, 0.29) is 17.8 Å². The Morgan fingerprint density at radius 3 is 2.24 bits per heavy atom. The number of amides is 1. The first-order chi connectivity index (χ1) is 7.57. The first-order valence-corrected chi connectivity index (χ1v) is 6.63. The Hall–Kier alpha value is -0.280. The lowest BCUT2D eigenvalue weighted by atomic mass is 9.97. The number of hydrogen-bond acceptors (Lipinski definition) is 2. The fraction of sp³-hybridized carbons (Fsp3) is 0.923. The van der Waals surface area contributed by atoms with Crippen LogP contribution in [0.25, 0.3) is 0 Å². The third-order valence-corrected chi connectivity index (χ3v) is 3.88. The van der Waals surface area contributed by atoms with Gasteiger partial charge < -0.3 is 10.2 Å². The minimum Gasteiger partial charge on any atom is -0.339 e. The molecule has 2 fully saturated rings. The highest BCUT2D eigenvalue weighted by Gasteiger charge is 2.51. The molecule has 1 saturated carbocycles. The summed E-state index contributed by atoms with van der Waals surface area (Å²) in [4.78, 5) is 14.6. The number of rotatable bonds is 3. The summed E-state index contributed by atoms with van der Waals surface area (Å²) in [6.07, 6.45) is 4.44. The molecule has 1 heterocycles. The Labute approximate surface area is 111 Å². The summed E-state index contributed by atoms with van der Waals surface area (Å²) in [5, 5.41) is 3.47. The van der Waals surface area contributed by atoms with Crippen LogP contribution in [0.3, 0.4) is 0 Å². The molecule has 1 amide bonds. The molecule has 17 heavy (non-hydrogen) atoms. The fourth-order valence-corrected chi connectivity index (χ4v) is 3.03. The second kappa shape index (κ2) is 5.57. The van der Waals surface area contributed by atoms with E-state index >= 15 is 0 Å². The SMILES string of the molecule is CCCC1(C(=O)N2CC(C)NC(C)C2)CC1.Cl. The predicted octanol–water partition coefficient (Wildman–Crippen LogP) is 2.20. The Balaban J connectivity index is 0.00000144. The van der Waals surface area contributed by atoms with E-state index in [1.165, 1.54) is 0 Å². The van der Waals surface area contributed by atoms with Gasteiger partial charge >= 0.3 is 0 Å². The smallest absolute Gasteiger partial charge is 0.228 e. The lowest BCUT2D eigenvalue weighted by molar-refractivity contribution is -0.139. The van der Waals surface area contributed by atoms with Gasteiger partial charge in [-0.05, 0) is 33.1 Å². The zero-order valence-corrected chi connectivity index (χ0v) is 12.0. The third-order valence-electron chi connectivity index (χ3n) is 3.88. The van der Waals surface area contributed by atoms with Crippen LogP contribution >= 0.6 is 12.4 Å². The molecule has 2 unspecified atom stereocenters. The monoisotopic (exact) mass is 260 g/mol. The zero-order chi connectivity index (χ0) is 11.8. The van der Waals surface area contributed by atoms with E-state index in [2.05, 4.69) is 31.0 Å². The van der Waals surface area contributed by atoms with Gasteiger partial charge in [0, 0.05) is 30.6 Å². The van der Waals surface area contributed by atoms with E-state index in [1.54, 1.807) is 0 Å². The number of nitrogens with zero attached hydrogens (tertiary/aromatic N) is 1. The molecule has 2 atom stereocenters. The Kier molecular flexibility index (Phi) is 4.85. The number of nitrogens with one attached hydrogen (secondary N) is 1. The van der Waals surface area contributed by atoms with Gasteiger partial charge in [0.05, 0.1) is 0 Å². The van der Waals surface area contributed by atoms with E-state index in [0.717, 1.165) is 38.8 Å². The molecule has 1 saturated heterocycles. The predicted molar refractivity (Wildman–Crippen MR) is 72.5 cm³/mol. The molecular weight excluding hydrogens is 236 g/mol. The topological polar surface area (TPSA) is 32.3 Å². The van der Waals surface area contributed by atoms with Gasteiger partial charge in [-0.1, -0.05) is 13.3 Å². The lowest BCUT2D eigenvalue weighted by Crippen LogP contribution is -2.57. The molecule has 1 N–H and O–H groups in total. The van der Waals surface area contributed by atoms with Crippen molar-refractivity contribution in [1.29, 1.82) is 0 Å². The largest absolute Gasteiger partial charge is 0.339 e. The highest BCUT2D eigenvalue weighted by molar-refractivity contribution is 5.85. The van der Waals surface area contributed by atoms with Crippen molar-refractivity contribution in [1.82, 2.24) is 10.2 Å². The van der Waals surface area contributed by atoms with Gasteiger partial charge in [0.15, 0.2) is 0 Å². The van der Waals surface area contributed by atoms with Crippen molar-refractivity contribution in [2.75, 3.05) is 13.1 Å². The quantitative estimate of drug-likeness (QED) is 0.844. The molecule has 3 nitrogen and oxygen atoms in total. The summed E-state index contributed by atoms with van der Waals surface area (Å²) < 4.78 is 0. The van der Waals surface area contributed by atoms with Crippen molar-refractivity contribution in [3.05, 3.63) is 0 Å². The molecule has 1 aliphatic heterocycles. The van der Waals surface area contributed by atoms with Crippen LogP contribution in [-0.4, -0.2) is 36.0 Å². The van der Waals surface area contributed by atoms with Crippen LogP contribution in [0.4, 0.5) is 0 Å². The van der Waals surface area contributed by atoms with Gasteiger partial charge in [0.2, 0.25) is 5.91 Å². The molecule has 0 radical (unpaired) electrons. The summed E-state index contributed by atoms with van der Waals surface area (Å²) in [7, 11) is 0. The normalized spacial score (nSPS) is 30.6. The van der Waals surface area contributed by atoms with Crippen LogP contribution in [0.5, 0.6) is 0 Å². The van der Waals surface area contributed by atoms with E-state index in [1.807, 2.05) is 0 Å². The summed E-state index contributed by atoms with van der Waals surface area (Å²) in [6.45, 7) is 8.27. The summed E-state index contributed by atoms with van der Waals surface area (Å²) in [5.74, 6) is 0.426. The van der Waals surface area contributed by atoms with Crippen LogP contribution < -0.4 is 5.32 Å². The Bertz CT molecular complexity index is 269. The van der Waals surface area contributed by atoms with Crippen LogP contribution in [0.2, 0.25) is 0 Å². The fourth-order valence-electron chi connectivity index (χ4n) is 3.03. The summed E-state index contributed by atoms with van der Waals surface area (Å²) in [5.41, 5.74) is 0.0472. The van der Waals surface area contributed by atoms with Gasteiger partial charge in [-0.15, -0.1) is 12.4 Å². The summed E-state index contributed by atoms with van der Waals surface area (Å²) in [6, 6.07) is 0.871. The van der Waals surface area contributed by atoms with Crippen LogP contribution in [0.15, 0.2) is 0 Å². The minimum atomic E-state index is 0. The molecule has 1 aliphatic carbocycles. The number of hydrogen-bond donors (Lipinski definition) is 1. The summed E-state index contributed by atoms with van der Waals surface area (Å²) >= 11 is 0. The van der Waals surface area contributed by atoms with Gasteiger partial charge in [0.1, 0.15) is 0 Å². The molecule has 100 valence electrons. The Morgan fingerprint density at radius 1 is 1.29 bits per heavy atom. The zero-order valence-electron chi connectivity index (χ0n) is 11.2. The van der Waals surface area contributed by atoms with Gasteiger partial charge in [-0.3, -0.25) is 4.79 Å². The molecular formula is C13H25ClN2O. The third kappa shape index (κ3) is 3.14. The highest BCUT2D eigenvalue weighted by Crippen LogP contribution is 2.51. The van der Waals surface area contributed by atoms with E-state index in [0.29, 0.717) is 18.0 Å². The second-order valence-corrected chi connectivity index (χ2v) is 5.71. The average Bonchev–Trinajstić information content (AvgIpc) is 2.97. The van der Waals surface area contributed by atoms with Gasteiger partial charge in [-0.25, -0.2) is 0 Å². The molecule has 2 aliphatic rings. The van der Waals surface area contributed by atoms with Crippen LogP contribution in [0.1, 0.15) is 46.5 Å². The molecule has 0 bridgehead atoms. The van der Waals surface area contributed by atoms with Crippen molar-refractivity contribution < 1.29 is 4.79 Å². The van der Waals surface area contributed by atoms with Gasteiger partial charge in [0.25, 0.3) is 0 Å². The van der Waals surface area contributed by atoms with E-state index in [4.69, 9.17) is 0 Å². The van der Waals surface area contributed by atoms with E-state index < -0.39 is 0 Å². The maximum absolute atomic E-state index is 12.5. The van der Waals surface area contributed by atoms with Crippen molar-refractivity contribution in [3.8, 4) is 0 Å². The standard InChI is InChI=1S/C13H24N2O.ClH/c1-4-5-13(6-7-13)12(16)15-8-10(2)14-11(3)9-15;/h10-11,14H,4-9H2,1-3H3;1H. The van der Waals surface area contributed by atoms with Crippen molar-refractivity contribution in [2.24, 2.45) is 5.41 Å². The first-order valence-electron chi connectivity index (χ1n) is 6.63. The molecule has 0 aromatic heterocycles. The molecule has 4 heteroatoms. The number of carbonyl (C=O) groups is 1. The van der Waals surface area contributed by atoms with Gasteiger partial charge in [-0.2, -0.15) is 0 Å². The number of carbonyl (C=O) groups excluding carboxylic acids is 1. The van der Waals surface area contributed by atoms with Crippen LogP contribution in [0, 0.1) is 5.41 Å². The van der Waals surface area contributed by atoms with Crippen molar-refractivity contribution in [3.63, 3.8) is 0 Å². The number of halogens is 1. The van der Waals surface area contributed by atoms with Crippen molar-refractivity contribution >= 4 is 18.3 Å². The minimum absolute atomic E-state index is 0. The maximum Gasteiger partial charge on any atom is 0.228 e. The van der Waals surface area contributed by atoms with Crippen LogP contribution in [-0.2, 0) is 4.79 Å². The molecule has 0 spiro atoms. The van der Waals surface area contributed by atoms with Crippen molar-refractivity contribution in [2.45, 2.75) is 58.5 Å². The second-order valence-electron chi connectivity index (χ2n) is 5.71. The average molecular weight is 261 g/mol. The lowest BCUT2D eigenvalue weighted by Gasteiger charge is -2.38. The highest BCUT2D eigenvalue weighted by atomic mass is 35.5. The molecule has 0 aromatic rings. The first kappa shape index (κ1) is 14.8. The molecule has 2 rings (SSSR count). The maximum atomic E-state index is 12.5. The number of piperazine rings is 1. The molecule has 0 aromatic carbocycles.